The summed E-state index contributed by atoms with van der Waals surface area (Å²) in [4.78, 5) is 17.8. The monoisotopic (exact) mass is 398 g/mol. The van der Waals surface area contributed by atoms with E-state index in [4.69, 9.17) is 37.3 Å². The van der Waals surface area contributed by atoms with Gasteiger partial charge in [0.2, 0.25) is 0 Å². The van der Waals surface area contributed by atoms with Gasteiger partial charge in [-0.15, -0.1) is 0 Å². The Bertz CT molecular complexity index is 225. The summed E-state index contributed by atoms with van der Waals surface area (Å²) in [5, 5.41) is 17.8. The third-order valence-electron chi connectivity index (χ3n) is 0. The molecule has 0 N–H and O–H groups in total. The van der Waals surface area contributed by atoms with Crippen LogP contribution in [0.4, 0.5) is 0 Å². The summed E-state index contributed by atoms with van der Waals surface area (Å²) in [7, 11) is -5.17. The van der Waals surface area contributed by atoms with Crippen LogP contribution in [0.3, 0.4) is 0 Å². The number of carboxylic acids is 2. The van der Waals surface area contributed by atoms with Gasteiger partial charge in [-0.3, -0.25) is 8.42 Å². The van der Waals surface area contributed by atoms with E-state index in [1.165, 1.54) is 0 Å². The van der Waals surface area contributed by atoms with Crippen LogP contribution in [-0.2, 0) is 20.0 Å². The average molecular weight is 397 g/mol. The molecule has 0 aliphatic rings. The Labute approximate surface area is 178 Å². The van der Waals surface area contributed by atoms with Crippen molar-refractivity contribution in [3.63, 3.8) is 0 Å². The van der Waals surface area contributed by atoms with Crippen LogP contribution in [0.2, 0.25) is 0 Å². The van der Waals surface area contributed by atoms with Gasteiger partial charge in [-0.2, -0.15) is 0 Å². The molecule has 0 heterocycles. The fraction of sp³-hybridized carbons (Fsp3) is 0.500. The molecule has 0 fully saturated rings. The number of rotatable bonds is 0. The van der Waals surface area contributed by atoms with Gasteiger partial charge in [-0.05, 0) is 13.8 Å². The van der Waals surface area contributed by atoms with Crippen LogP contribution in [-0.4, -0.2) is 78.3 Å². The maximum absolute atomic E-state index is 8.89. The zero-order valence-electron chi connectivity index (χ0n) is 9.38. The van der Waals surface area contributed by atoms with Crippen molar-refractivity contribution in [2.45, 2.75) is 13.8 Å². The van der Waals surface area contributed by atoms with E-state index in [1.807, 2.05) is 0 Å². The summed E-state index contributed by atoms with van der Waals surface area (Å²) >= 11 is 0. The summed E-state index contributed by atoms with van der Waals surface area (Å²) in [5.74, 6) is -2.17. The van der Waals surface area contributed by atoms with Gasteiger partial charge in [0, 0.05) is 22.3 Å². The molecule has 0 aromatic carbocycles. The van der Waals surface area contributed by atoms with Gasteiger partial charge in [0.1, 0.15) is 0 Å². The summed E-state index contributed by atoms with van der Waals surface area (Å²) in [6, 6.07) is 0. The predicted molar refractivity (Wildman–Crippen MR) is 37.6 cm³/mol. The summed E-state index contributed by atoms with van der Waals surface area (Å²) in [6.45, 7) is 1.94. The van der Waals surface area contributed by atoms with Crippen molar-refractivity contribution in [2.24, 2.45) is 0 Å². The molecule has 0 amide bonds. The molecular weight excluding hydrogens is 391 g/mol. The van der Waals surface area contributed by atoms with E-state index in [9.17, 15) is 0 Å². The maximum Gasteiger partial charge on any atom is 2.00 e. The van der Waals surface area contributed by atoms with Crippen LogP contribution in [0.25, 0.3) is 0 Å². The quantitative estimate of drug-likeness (QED) is 0.221. The van der Waals surface area contributed by atoms with Crippen LogP contribution in [0, 0.1) is 0 Å². The molecule has 0 aromatic heterocycles. The SMILES string of the molecule is CC(=O)[O-].CC(=O)[O-].O=S(=O)([O-])[O-].[Ba+2].[Na+].[Na+]. The molecule has 0 spiro atoms. The van der Waals surface area contributed by atoms with E-state index in [2.05, 4.69) is 0 Å². The van der Waals surface area contributed by atoms with Crippen LogP contribution < -0.4 is 69.3 Å². The van der Waals surface area contributed by atoms with Crippen molar-refractivity contribution < 1.29 is 96.4 Å². The van der Waals surface area contributed by atoms with E-state index in [0.29, 0.717) is 0 Å². The first-order chi connectivity index (χ1) is 5.46. The molecule has 0 bridgehead atoms. The standard InChI is InChI=1S/2C2H4O2.Ba.2Na.H2O4S/c2*1-2(3)4;;;;1-5(2,3)4/h2*1H3,(H,3,4);;;;(H2,1,2,3,4)/q;;+2;2*+1;/p-4. The molecule has 16 heavy (non-hydrogen) atoms. The van der Waals surface area contributed by atoms with E-state index in [-0.39, 0.29) is 108 Å². The molecule has 0 saturated carbocycles. The fourth-order valence-electron chi connectivity index (χ4n) is 0. The van der Waals surface area contributed by atoms with Crippen LogP contribution in [0.5, 0.6) is 0 Å². The molecule has 80 valence electrons. The molecule has 0 saturated heterocycles. The third-order valence-corrected chi connectivity index (χ3v) is 0. The molecule has 12 heteroatoms. The number of carbonyl (C=O) groups is 2. The summed E-state index contributed by atoms with van der Waals surface area (Å²) < 4.78 is 34.1. The van der Waals surface area contributed by atoms with E-state index in [1.54, 1.807) is 0 Å². The second-order valence-corrected chi connectivity index (χ2v) is 2.21. The van der Waals surface area contributed by atoms with Gasteiger partial charge >= 0.3 is 108 Å². The third kappa shape index (κ3) is 683. The Balaban J connectivity index is -0.0000000216. The number of aliphatic carboxylic acids is 2. The number of carbonyl (C=O) groups excluding carboxylic acids is 2. The minimum atomic E-state index is -5.17. The zero-order chi connectivity index (χ0) is 11.7. The van der Waals surface area contributed by atoms with Crippen molar-refractivity contribution in [3.05, 3.63) is 0 Å². The van der Waals surface area contributed by atoms with Gasteiger partial charge in [-0.1, -0.05) is 0 Å². The first kappa shape index (κ1) is 36.2. The van der Waals surface area contributed by atoms with Gasteiger partial charge in [-0.25, -0.2) is 0 Å². The Morgan fingerprint density at radius 3 is 0.875 bits per heavy atom. The largest absolute Gasteiger partial charge is 2.00 e. The first-order valence-electron chi connectivity index (χ1n) is 2.48. The predicted octanol–water partition coefficient (Wildman–Crippen LogP) is -10.2. The Hall–Kier alpha value is 2.38. The van der Waals surface area contributed by atoms with Crippen LogP contribution in [0.15, 0.2) is 0 Å². The minimum absolute atomic E-state index is 0. The van der Waals surface area contributed by atoms with Gasteiger partial charge in [0.25, 0.3) is 0 Å². The molecule has 0 radical (unpaired) electrons. The van der Waals surface area contributed by atoms with Crippen molar-refractivity contribution in [1.29, 1.82) is 0 Å². The zero-order valence-corrected chi connectivity index (χ0v) is 18.6. The summed E-state index contributed by atoms with van der Waals surface area (Å²) in [6.07, 6.45) is 0. The smallest absolute Gasteiger partial charge is 0.759 e. The maximum atomic E-state index is 8.89. The number of hydrogen-bond acceptors (Lipinski definition) is 8. The molecule has 0 aliphatic carbocycles. The van der Waals surface area contributed by atoms with E-state index < -0.39 is 22.3 Å². The van der Waals surface area contributed by atoms with Crippen molar-refractivity contribution in [1.82, 2.24) is 0 Å². The van der Waals surface area contributed by atoms with E-state index >= 15 is 0 Å². The van der Waals surface area contributed by atoms with Gasteiger partial charge < -0.3 is 28.9 Å². The van der Waals surface area contributed by atoms with Gasteiger partial charge in [0.05, 0.1) is 0 Å². The fourth-order valence-corrected chi connectivity index (χ4v) is 0. The Morgan fingerprint density at radius 2 is 0.875 bits per heavy atom. The van der Waals surface area contributed by atoms with Crippen molar-refractivity contribution in [2.75, 3.05) is 0 Å². The Kier molecular flexibility index (Phi) is 51.1. The Morgan fingerprint density at radius 1 is 0.875 bits per heavy atom. The summed E-state index contributed by atoms with van der Waals surface area (Å²) in [5.41, 5.74) is 0. The van der Waals surface area contributed by atoms with E-state index in [0.717, 1.165) is 13.8 Å². The minimum Gasteiger partial charge on any atom is -0.759 e. The van der Waals surface area contributed by atoms with Crippen molar-refractivity contribution in [3.8, 4) is 0 Å². The molecule has 0 aromatic rings. The molecule has 8 nitrogen and oxygen atoms in total. The van der Waals surface area contributed by atoms with Gasteiger partial charge in [0.15, 0.2) is 0 Å². The molecule has 0 unspecified atom stereocenters. The second-order valence-electron chi connectivity index (χ2n) is 1.39. The number of hydrogen-bond donors (Lipinski definition) is 0. The number of carboxylic acid groups (broad SMARTS) is 2. The topological polar surface area (TPSA) is 161 Å². The molecule has 0 aliphatic heterocycles. The molecule has 0 rings (SSSR count). The first-order valence-corrected chi connectivity index (χ1v) is 3.82. The molecule has 0 atom stereocenters. The normalized spacial score (nSPS) is 6.75. The van der Waals surface area contributed by atoms with Crippen LogP contribution in [0.1, 0.15) is 13.8 Å². The molecular formula is C4H6BaNa2O8S. The van der Waals surface area contributed by atoms with Crippen LogP contribution >= 0.6 is 0 Å². The second kappa shape index (κ2) is 22.6. The average Bonchev–Trinajstić information content (AvgIpc) is 1.50. The van der Waals surface area contributed by atoms with Crippen molar-refractivity contribution >= 4 is 71.2 Å².